The highest BCUT2D eigenvalue weighted by Crippen LogP contribution is 2.37. The molecule has 4 heterocycles. The molecule has 1 fully saturated rings. The second-order valence-corrected chi connectivity index (χ2v) is 8.96. The third-order valence-corrected chi connectivity index (χ3v) is 6.52. The van der Waals surface area contributed by atoms with Crippen LogP contribution >= 0.6 is 0 Å². The zero-order valence-electron chi connectivity index (χ0n) is 19.2. The van der Waals surface area contributed by atoms with Gasteiger partial charge in [-0.25, -0.2) is 23.7 Å². The van der Waals surface area contributed by atoms with Crippen LogP contribution in [0.5, 0.6) is 0 Å². The van der Waals surface area contributed by atoms with Crippen molar-refractivity contribution in [1.29, 1.82) is 0 Å². The Morgan fingerprint density at radius 1 is 1.11 bits per heavy atom. The van der Waals surface area contributed by atoms with Crippen molar-refractivity contribution in [2.24, 2.45) is 7.05 Å². The zero-order valence-corrected chi connectivity index (χ0v) is 19.2. The minimum atomic E-state index is -0.789. The summed E-state index contributed by atoms with van der Waals surface area (Å²) in [5, 5.41) is 4.44. The van der Waals surface area contributed by atoms with Crippen LogP contribution in [0, 0.1) is 18.6 Å². The van der Waals surface area contributed by atoms with Crippen molar-refractivity contribution in [2.45, 2.75) is 38.3 Å². The first-order chi connectivity index (χ1) is 16.9. The van der Waals surface area contributed by atoms with Gasteiger partial charge >= 0.3 is 0 Å². The Hall–Kier alpha value is -3.79. The van der Waals surface area contributed by atoms with Gasteiger partial charge in [0.05, 0.1) is 18.8 Å². The number of halogens is 2. The quantitative estimate of drug-likeness (QED) is 0.442. The topological polar surface area (TPSA) is 87.7 Å². The van der Waals surface area contributed by atoms with Crippen molar-refractivity contribution in [2.75, 3.05) is 6.61 Å². The highest BCUT2D eigenvalue weighted by molar-refractivity contribution is 5.89. The third kappa shape index (κ3) is 3.83. The molecule has 0 spiro atoms. The average molecular weight is 476 g/mol. The van der Waals surface area contributed by atoms with E-state index in [0.717, 1.165) is 36.1 Å². The SMILES string of the molecule is Cc1nc2c(-c3ccc(F)cc3F)nc(C3=C[C@H](c4cnn(C5CC5)c4)OCC3)nc2c(=O)n1C. The van der Waals surface area contributed by atoms with E-state index in [-0.39, 0.29) is 34.0 Å². The lowest BCUT2D eigenvalue weighted by Gasteiger charge is -2.21. The summed E-state index contributed by atoms with van der Waals surface area (Å²) >= 11 is 0. The Labute approximate surface area is 198 Å². The number of benzene rings is 1. The summed E-state index contributed by atoms with van der Waals surface area (Å²) < 4.78 is 37.7. The van der Waals surface area contributed by atoms with Crippen LogP contribution in [0.4, 0.5) is 8.78 Å². The van der Waals surface area contributed by atoms with Gasteiger partial charge in [-0.1, -0.05) is 0 Å². The van der Waals surface area contributed by atoms with E-state index in [2.05, 4.69) is 20.1 Å². The lowest BCUT2D eigenvalue weighted by Crippen LogP contribution is -2.23. The van der Waals surface area contributed by atoms with Crippen molar-refractivity contribution in [1.82, 2.24) is 29.3 Å². The van der Waals surface area contributed by atoms with Crippen LogP contribution in [0.25, 0.3) is 27.9 Å². The van der Waals surface area contributed by atoms with E-state index >= 15 is 0 Å². The van der Waals surface area contributed by atoms with E-state index < -0.39 is 11.6 Å². The van der Waals surface area contributed by atoms with Gasteiger partial charge in [-0.3, -0.25) is 14.0 Å². The number of hydrogen-bond acceptors (Lipinski definition) is 6. The summed E-state index contributed by atoms with van der Waals surface area (Å²) in [6.07, 6.45) is 8.14. The minimum Gasteiger partial charge on any atom is -0.369 e. The molecule has 10 heteroatoms. The van der Waals surface area contributed by atoms with Crippen molar-refractivity contribution in [3.8, 4) is 11.3 Å². The zero-order chi connectivity index (χ0) is 24.3. The van der Waals surface area contributed by atoms with Gasteiger partial charge in [-0.15, -0.1) is 0 Å². The second kappa shape index (κ2) is 8.16. The molecule has 2 aliphatic rings. The molecule has 0 saturated heterocycles. The lowest BCUT2D eigenvalue weighted by molar-refractivity contribution is 0.0825. The molecule has 178 valence electrons. The maximum atomic E-state index is 14.8. The summed E-state index contributed by atoms with van der Waals surface area (Å²) in [4.78, 5) is 26.8. The molecule has 1 aromatic carbocycles. The third-order valence-electron chi connectivity index (χ3n) is 6.52. The molecule has 1 aliphatic heterocycles. The fraction of sp³-hybridized carbons (Fsp3) is 0.320. The first-order valence-electron chi connectivity index (χ1n) is 11.5. The number of fused-ring (bicyclic) bond motifs is 1. The highest BCUT2D eigenvalue weighted by Gasteiger charge is 2.27. The fourth-order valence-electron chi connectivity index (χ4n) is 4.29. The number of hydrogen-bond donors (Lipinski definition) is 0. The molecule has 0 unspecified atom stereocenters. The Morgan fingerprint density at radius 2 is 1.94 bits per heavy atom. The van der Waals surface area contributed by atoms with Gasteiger partial charge in [-0.05, 0) is 50.0 Å². The largest absolute Gasteiger partial charge is 0.369 e. The number of ether oxygens (including phenoxy) is 1. The Morgan fingerprint density at radius 3 is 2.71 bits per heavy atom. The van der Waals surface area contributed by atoms with E-state index in [1.54, 1.807) is 20.2 Å². The van der Waals surface area contributed by atoms with E-state index in [4.69, 9.17) is 4.74 Å². The smallest absolute Gasteiger partial charge is 0.279 e. The molecule has 1 saturated carbocycles. The molecule has 0 N–H and O–H groups in total. The van der Waals surface area contributed by atoms with Crippen LogP contribution in [-0.2, 0) is 11.8 Å². The van der Waals surface area contributed by atoms with Crippen LogP contribution in [0.15, 0.2) is 41.5 Å². The average Bonchev–Trinajstić information content (AvgIpc) is 3.59. The molecule has 0 amide bonds. The summed E-state index contributed by atoms with van der Waals surface area (Å²) in [5.74, 6) is -0.767. The predicted octanol–water partition coefficient (Wildman–Crippen LogP) is 4.05. The highest BCUT2D eigenvalue weighted by atomic mass is 19.1. The Kier molecular flexibility index (Phi) is 5.06. The van der Waals surface area contributed by atoms with Crippen LogP contribution in [-0.4, -0.2) is 35.9 Å². The van der Waals surface area contributed by atoms with E-state index in [9.17, 15) is 13.6 Å². The van der Waals surface area contributed by atoms with Crippen LogP contribution < -0.4 is 5.56 Å². The molecule has 1 aliphatic carbocycles. The summed E-state index contributed by atoms with van der Waals surface area (Å²) in [6, 6.07) is 3.71. The first-order valence-corrected chi connectivity index (χ1v) is 11.5. The Bertz CT molecular complexity index is 1570. The molecule has 4 aromatic rings. The minimum absolute atomic E-state index is 0.0510. The summed E-state index contributed by atoms with van der Waals surface area (Å²) in [7, 11) is 1.60. The molecule has 1 atom stereocenters. The molecule has 8 nitrogen and oxygen atoms in total. The number of aryl methyl sites for hydroxylation is 1. The number of rotatable bonds is 4. The predicted molar refractivity (Wildman–Crippen MR) is 124 cm³/mol. The standard InChI is InChI=1S/C25H22F2N6O2/c1-13-29-22-21(18-6-3-16(26)10-19(18)27)30-24(31-23(22)25(34)32(13)2)14-7-8-35-20(9-14)15-11-28-33(12-15)17-4-5-17/h3,6,9-12,17,20H,4-5,7-8H2,1-2H3/t20-/m1/s1. The Balaban J connectivity index is 1.52. The molecule has 0 radical (unpaired) electrons. The van der Waals surface area contributed by atoms with Crippen LogP contribution in [0.1, 0.15) is 48.6 Å². The van der Waals surface area contributed by atoms with Gasteiger partial charge in [0.1, 0.15) is 34.8 Å². The fourth-order valence-corrected chi connectivity index (χ4v) is 4.29. The van der Waals surface area contributed by atoms with Crippen molar-refractivity contribution in [3.63, 3.8) is 0 Å². The maximum absolute atomic E-state index is 14.8. The van der Waals surface area contributed by atoms with Gasteiger partial charge in [0.2, 0.25) is 0 Å². The lowest BCUT2D eigenvalue weighted by atomic mass is 10.0. The maximum Gasteiger partial charge on any atom is 0.279 e. The molecule has 0 bridgehead atoms. The van der Waals surface area contributed by atoms with Gasteiger partial charge in [0.15, 0.2) is 11.3 Å². The van der Waals surface area contributed by atoms with Gasteiger partial charge in [-0.2, -0.15) is 5.10 Å². The normalized spacial score (nSPS) is 18.2. The first kappa shape index (κ1) is 21.7. The van der Waals surface area contributed by atoms with E-state index in [0.29, 0.717) is 30.7 Å². The molecule has 3 aromatic heterocycles. The molecular weight excluding hydrogens is 454 g/mol. The number of nitrogens with zero attached hydrogens (tertiary/aromatic N) is 6. The van der Waals surface area contributed by atoms with Gasteiger partial charge < -0.3 is 4.74 Å². The monoisotopic (exact) mass is 476 g/mol. The van der Waals surface area contributed by atoms with E-state index in [1.165, 1.54) is 10.6 Å². The van der Waals surface area contributed by atoms with Crippen molar-refractivity contribution in [3.05, 3.63) is 75.9 Å². The summed E-state index contributed by atoms with van der Waals surface area (Å²) in [5.41, 5.74) is 1.78. The van der Waals surface area contributed by atoms with Crippen LogP contribution in [0.3, 0.4) is 0 Å². The van der Waals surface area contributed by atoms with Gasteiger partial charge in [0, 0.05) is 30.4 Å². The van der Waals surface area contributed by atoms with Crippen molar-refractivity contribution >= 4 is 16.6 Å². The second-order valence-electron chi connectivity index (χ2n) is 8.96. The number of aromatic nitrogens is 6. The molecular formula is C25H22F2N6O2. The van der Waals surface area contributed by atoms with E-state index in [1.807, 2.05) is 17.0 Å². The van der Waals surface area contributed by atoms with Crippen LogP contribution in [0.2, 0.25) is 0 Å². The van der Waals surface area contributed by atoms with Crippen molar-refractivity contribution < 1.29 is 13.5 Å². The molecule has 6 rings (SSSR count). The van der Waals surface area contributed by atoms with Gasteiger partial charge in [0.25, 0.3) is 5.56 Å². The summed E-state index contributed by atoms with van der Waals surface area (Å²) in [6.45, 7) is 2.10. The molecule has 35 heavy (non-hydrogen) atoms.